The lowest BCUT2D eigenvalue weighted by Gasteiger charge is -2.30. The van der Waals surface area contributed by atoms with Gasteiger partial charge in [0.2, 0.25) is 0 Å². The van der Waals surface area contributed by atoms with E-state index in [0.29, 0.717) is 23.5 Å². The molecule has 3 heterocycles. The number of hydrogen-bond donors (Lipinski definition) is 4. The number of aryl methyl sites for hydroxylation is 1. The lowest BCUT2D eigenvalue weighted by molar-refractivity contribution is 0.0917. The molecule has 188 valence electrons. The molecule has 36 heavy (non-hydrogen) atoms. The van der Waals surface area contributed by atoms with Crippen LogP contribution in [0.3, 0.4) is 0 Å². The number of fused-ring (bicyclic) bond motifs is 1. The second-order valence-corrected chi connectivity index (χ2v) is 8.87. The Bertz CT molecular complexity index is 1430. The van der Waals surface area contributed by atoms with Crippen molar-refractivity contribution < 1.29 is 18.0 Å². The molecule has 0 unspecified atom stereocenters. The molecule has 4 N–H and O–H groups in total. The molecule has 1 amide bonds. The number of nitrogens with zero attached hydrogens (tertiary/aromatic N) is 4. The topological polar surface area (TPSA) is 113 Å². The standard InChI is InChI=1S/C24H25F3N8O/c1-28-20-9-19(35(2)34-20)24(36)32-14-5-3-4-13(8-14)31-23-18(27)11-30-22(33-23)16-10-29-21-15(16)6-12(25)7-17(21)26/h6-7,9-11,13-14,29H,3-5,8H2,1-2H3,(H,28,34)(H,32,36)(H,30,31,33)/t13-,14+/m0/s1. The first kappa shape index (κ1) is 23.6. The van der Waals surface area contributed by atoms with Crippen LogP contribution in [0.25, 0.3) is 22.3 Å². The number of aromatic amines is 1. The highest BCUT2D eigenvalue weighted by Crippen LogP contribution is 2.30. The molecule has 9 nitrogen and oxygen atoms in total. The maximum atomic E-state index is 14.6. The second-order valence-electron chi connectivity index (χ2n) is 8.87. The zero-order valence-electron chi connectivity index (χ0n) is 19.7. The van der Waals surface area contributed by atoms with E-state index < -0.39 is 17.5 Å². The molecule has 12 heteroatoms. The van der Waals surface area contributed by atoms with Gasteiger partial charge in [-0.25, -0.2) is 23.1 Å². The highest BCUT2D eigenvalue weighted by Gasteiger charge is 2.26. The fraction of sp³-hybridized carbons (Fsp3) is 0.333. The van der Waals surface area contributed by atoms with Crippen molar-refractivity contribution in [1.82, 2.24) is 30.0 Å². The zero-order chi connectivity index (χ0) is 25.4. The Kier molecular flexibility index (Phi) is 6.25. The molecule has 0 radical (unpaired) electrons. The molecular formula is C24H25F3N8O. The molecular weight excluding hydrogens is 473 g/mol. The molecule has 0 spiro atoms. The van der Waals surface area contributed by atoms with E-state index in [-0.39, 0.29) is 40.5 Å². The van der Waals surface area contributed by atoms with E-state index in [2.05, 4.69) is 36.0 Å². The highest BCUT2D eigenvalue weighted by atomic mass is 19.1. The molecule has 1 aliphatic rings. The fourth-order valence-electron chi connectivity index (χ4n) is 4.64. The fourth-order valence-corrected chi connectivity index (χ4v) is 4.64. The van der Waals surface area contributed by atoms with Gasteiger partial charge in [-0.05, 0) is 31.7 Å². The van der Waals surface area contributed by atoms with Crippen LogP contribution in [0.1, 0.15) is 36.2 Å². The third-order valence-electron chi connectivity index (χ3n) is 6.41. The van der Waals surface area contributed by atoms with Gasteiger partial charge in [0.05, 0.1) is 11.7 Å². The number of halogens is 3. The van der Waals surface area contributed by atoms with Crippen LogP contribution in [0, 0.1) is 17.5 Å². The van der Waals surface area contributed by atoms with Crippen molar-refractivity contribution in [2.24, 2.45) is 7.05 Å². The number of benzene rings is 1. The van der Waals surface area contributed by atoms with Crippen LogP contribution < -0.4 is 16.0 Å². The predicted molar refractivity (Wildman–Crippen MR) is 129 cm³/mol. The Hall–Kier alpha value is -4.09. The Morgan fingerprint density at radius 1 is 1.14 bits per heavy atom. The minimum atomic E-state index is -0.736. The summed E-state index contributed by atoms with van der Waals surface area (Å²) in [6, 6.07) is 3.39. The first-order chi connectivity index (χ1) is 17.3. The van der Waals surface area contributed by atoms with Gasteiger partial charge in [-0.1, -0.05) is 0 Å². The Balaban J connectivity index is 1.31. The molecule has 1 aromatic carbocycles. The SMILES string of the molecule is CNc1cc(C(=O)N[C@@H]2CCC[C@H](Nc3nc(-c4c[nH]c5c(F)cc(F)cc45)ncc3F)C2)n(C)n1. The van der Waals surface area contributed by atoms with Gasteiger partial charge < -0.3 is 20.9 Å². The maximum absolute atomic E-state index is 14.6. The molecule has 4 aromatic rings. The van der Waals surface area contributed by atoms with E-state index in [4.69, 9.17) is 0 Å². The van der Waals surface area contributed by atoms with E-state index in [1.165, 1.54) is 16.9 Å². The number of aromatic nitrogens is 5. The number of carbonyl (C=O) groups excluding carboxylic acids is 1. The van der Waals surface area contributed by atoms with Crippen molar-refractivity contribution in [2.75, 3.05) is 17.7 Å². The summed E-state index contributed by atoms with van der Waals surface area (Å²) in [6.07, 6.45) is 5.47. The zero-order valence-corrected chi connectivity index (χ0v) is 19.7. The Morgan fingerprint density at radius 3 is 2.72 bits per heavy atom. The first-order valence-corrected chi connectivity index (χ1v) is 11.6. The van der Waals surface area contributed by atoms with Gasteiger partial charge in [-0.15, -0.1) is 0 Å². The molecule has 3 aromatic heterocycles. The molecule has 0 bridgehead atoms. The molecule has 0 aliphatic heterocycles. The van der Waals surface area contributed by atoms with Crippen LogP contribution in [-0.2, 0) is 7.05 Å². The molecule has 1 fully saturated rings. The van der Waals surface area contributed by atoms with E-state index in [9.17, 15) is 18.0 Å². The van der Waals surface area contributed by atoms with Crippen LogP contribution in [0.15, 0.2) is 30.6 Å². The van der Waals surface area contributed by atoms with Crippen LogP contribution in [0.4, 0.5) is 24.8 Å². The maximum Gasteiger partial charge on any atom is 0.269 e. The normalized spacial score (nSPS) is 17.8. The van der Waals surface area contributed by atoms with Gasteiger partial charge >= 0.3 is 0 Å². The minimum Gasteiger partial charge on any atom is -0.372 e. The lowest BCUT2D eigenvalue weighted by Crippen LogP contribution is -2.42. The predicted octanol–water partition coefficient (Wildman–Crippen LogP) is 3.97. The van der Waals surface area contributed by atoms with Crippen molar-refractivity contribution >= 4 is 28.4 Å². The largest absolute Gasteiger partial charge is 0.372 e. The number of nitrogens with one attached hydrogen (secondary N) is 4. The number of anilines is 2. The number of amides is 1. The van der Waals surface area contributed by atoms with Crippen LogP contribution >= 0.6 is 0 Å². The van der Waals surface area contributed by atoms with E-state index in [1.54, 1.807) is 20.2 Å². The summed E-state index contributed by atoms with van der Waals surface area (Å²) in [6.45, 7) is 0. The van der Waals surface area contributed by atoms with Crippen molar-refractivity contribution in [2.45, 2.75) is 37.8 Å². The summed E-state index contributed by atoms with van der Waals surface area (Å²) >= 11 is 0. The van der Waals surface area contributed by atoms with Crippen molar-refractivity contribution in [3.8, 4) is 11.4 Å². The molecule has 0 saturated heterocycles. The van der Waals surface area contributed by atoms with Gasteiger partial charge in [0.1, 0.15) is 23.1 Å². The van der Waals surface area contributed by atoms with Gasteiger partial charge in [0, 0.05) is 55.5 Å². The number of carbonyl (C=O) groups is 1. The van der Waals surface area contributed by atoms with Crippen LogP contribution in [0.5, 0.6) is 0 Å². The molecule has 5 rings (SSSR count). The number of hydrogen-bond acceptors (Lipinski definition) is 6. The van der Waals surface area contributed by atoms with Gasteiger partial charge in [-0.2, -0.15) is 5.10 Å². The molecule has 1 saturated carbocycles. The van der Waals surface area contributed by atoms with Crippen molar-refractivity contribution in [3.05, 3.63) is 53.7 Å². The smallest absolute Gasteiger partial charge is 0.269 e. The van der Waals surface area contributed by atoms with E-state index >= 15 is 0 Å². The minimum absolute atomic E-state index is 0.00602. The quantitative estimate of drug-likeness (QED) is 0.320. The van der Waals surface area contributed by atoms with Gasteiger partial charge in [0.25, 0.3) is 5.91 Å². The van der Waals surface area contributed by atoms with Crippen LogP contribution in [0.2, 0.25) is 0 Å². The lowest BCUT2D eigenvalue weighted by atomic mass is 9.91. The van der Waals surface area contributed by atoms with E-state index in [1.807, 2.05) is 0 Å². The number of rotatable bonds is 6. The van der Waals surface area contributed by atoms with E-state index in [0.717, 1.165) is 31.5 Å². The molecule has 1 aliphatic carbocycles. The average molecular weight is 499 g/mol. The number of H-pyrrole nitrogens is 1. The van der Waals surface area contributed by atoms with Gasteiger partial charge in [-0.3, -0.25) is 9.48 Å². The van der Waals surface area contributed by atoms with Crippen LogP contribution in [-0.4, -0.2) is 49.8 Å². The summed E-state index contributed by atoms with van der Waals surface area (Å²) in [5.74, 6) is -1.62. The molecule has 2 atom stereocenters. The third-order valence-corrected chi connectivity index (χ3v) is 6.41. The van der Waals surface area contributed by atoms with Gasteiger partial charge in [0.15, 0.2) is 17.5 Å². The first-order valence-electron chi connectivity index (χ1n) is 11.6. The highest BCUT2D eigenvalue weighted by molar-refractivity contribution is 5.94. The Morgan fingerprint density at radius 2 is 1.94 bits per heavy atom. The second kappa shape index (κ2) is 9.51. The van der Waals surface area contributed by atoms with Crippen molar-refractivity contribution in [3.63, 3.8) is 0 Å². The summed E-state index contributed by atoms with van der Waals surface area (Å²) in [4.78, 5) is 23.8. The average Bonchev–Trinajstić information content (AvgIpc) is 3.44. The third kappa shape index (κ3) is 4.58. The van der Waals surface area contributed by atoms with Crippen molar-refractivity contribution in [1.29, 1.82) is 0 Å². The summed E-state index contributed by atoms with van der Waals surface area (Å²) in [5, 5.41) is 13.6. The summed E-state index contributed by atoms with van der Waals surface area (Å²) in [5.41, 5.74) is 0.917. The Labute approximate surface area is 204 Å². The summed E-state index contributed by atoms with van der Waals surface area (Å²) in [7, 11) is 3.43. The monoisotopic (exact) mass is 498 g/mol. The summed E-state index contributed by atoms with van der Waals surface area (Å²) < 4.78 is 44.0.